The topological polar surface area (TPSA) is 21.3 Å². The van der Waals surface area contributed by atoms with Crippen LogP contribution in [0.3, 0.4) is 0 Å². The molecule has 0 aromatic heterocycles. The molecule has 2 nitrogen and oxygen atoms in total. The predicted molar refractivity (Wildman–Crippen MR) is 34.3 cm³/mol. The molecule has 0 rings (SSSR count). The molecule has 0 unspecified atom stereocenters. The Bertz CT molecular complexity index is 96.7. The van der Waals surface area contributed by atoms with Crippen LogP contribution in [-0.2, 0) is 4.74 Å². The number of hydrogen-bond donors (Lipinski definition) is 1. The second kappa shape index (κ2) is 4.24. The van der Waals surface area contributed by atoms with Crippen LogP contribution in [0.4, 0.5) is 0 Å². The Hall–Kier alpha value is -0.920. The van der Waals surface area contributed by atoms with Gasteiger partial charge in [0.25, 0.3) is 0 Å². The Balaban J connectivity index is 3.37. The van der Waals surface area contributed by atoms with Gasteiger partial charge in [0, 0.05) is 12.7 Å². The van der Waals surface area contributed by atoms with Crippen molar-refractivity contribution in [2.75, 3.05) is 14.2 Å². The lowest BCUT2D eigenvalue weighted by molar-refractivity contribution is 0.337. The van der Waals surface area contributed by atoms with Crippen molar-refractivity contribution < 1.29 is 4.74 Å². The first-order valence-electron chi connectivity index (χ1n) is 2.37. The highest BCUT2D eigenvalue weighted by atomic mass is 16.5. The minimum Gasteiger partial charge on any atom is -0.504 e. The fraction of sp³-hybridized carbons (Fsp3) is 0.333. The first-order chi connectivity index (χ1) is 3.81. The number of rotatable bonds is 3. The Labute approximate surface area is 49.8 Å². The molecule has 8 heavy (non-hydrogen) atoms. The molecule has 0 aliphatic carbocycles. The Morgan fingerprint density at radius 1 is 1.75 bits per heavy atom. The molecule has 0 fully saturated rings. The van der Waals surface area contributed by atoms with Gasteiger partial charge >= 0.3 is 0 Å². The van der Waals surface area contributed by atoms with Crippen LogP contribution in [0.25, 0.3) is 0 Å². The number of allylic oxidation sites excluding steroid dienone is 1. The molecule has 0 saturated heterocycles. The zero-order chi connectivity index (χ0) is 6.41. The van der Waals surface area contributed by atoms with E-state index in [1.807, 2.05) is 7.05 Å². The van der Waals surface area contributed by atoms with Crippen molar-refractivity contribution in [2.45, 2.75) is 0 Å². The molecule has 0 saturated carbocycles. The fourth-order valence-electron chi connectivity index (χ4n) is 0.234. The Kier molecular flexibility index (Phi) is 3.76. The van der Waals surface area contributed by atoms with Crippen LogP contribution in [0, 0.1) is 0 Å². The molecule has 0 radical (unpaired) electrons. The maximum atomic E-state index is 4.63. The van der Waals surface area contributed by atoms with Crippen molar-refractivity contribution in [1.29, 1.82) is 0 Å². The van der Waals surface area contributed by atoms with Gasteiger partial charge in [0.15, 0.2) is 0 Å². The standard InChI is InChI=1S/C6H11NO/c1-6(7-2)4-5-8-3/h4-5,7H,1H2,2-3H3/b5-4-. The van der Waals surface area contributed by atoms with Crippen LogP contribution in [0.5, 0.6) is 0 Å². The third-order valence-electron chi connectivity index (χ3n) is 0.726. The average molecular weight is 113 g/mol. The molecule has 0 aliphatic heterocycles. The van der Waals surface area contributed by atoms with Gasteiger partial charge in [-0.2, -0.15) is 0 Å². The highest BCUT2D eigenvalue weighted by molar-refractivity contribution is 5.08. The van der Waals surface area contributed by atoms with E-state index in [2.05, 4.69) is 16.6 Å². The molecule has 0 atom stereocenters. The van der Waals surface area contributed by atoms with Crippen molar-refractivity contribution in [3.63, 3.8) is 0 Å². The van der Waals surface area contributed by atoms with Gasteiger partial charge in [0.1, 0.15) is 0 Å². The summed E-state index contributed by atoms with van der Waals surface area (Å²) in [7, 11) is 3.40. The van der Waals surface area contributed by atoms with Gasteiger partial charge in [0.2, 0.25) is 0 Å². The summed E-state index contributed by atoms with van der Waals surface area (Å²) in [6.07, 6.45) is 3.32. The van der Waals surface area contributed by atoms with E-state index in [-0.39, 0.29) is 0 Å². The third-order valence-corrected chi connectivity index (χ3v) is 0.726. The van der Waals surface area contributed by atoms with Crippen LogP contribution in [0.2, 0.25) is 0 Å². The summed E-state index contributed by atoms with van der Waals surface area (Å²) < 4.78 is 4.63. The van der Waals surface area contributed by atoms with Crippen LogP contribution >= 0.6 is 0 Å². The SMILES string of the molecule is C=C(/C=C\OC)NC. The molecule has 46 valence electrons. The van der Waals surface area contributed by atoms with E-state index < -0.39 is 0 Å². The minimum absolute atomic E-state index is 0.840. The molecule has 0 heterocycles. The molecule has 0 bridgehead atoms. The number of nitrogens with one attached hydrogen (secondary N) is 1. The minimum atomic E-state index is 0.840. The third kappa shape index (κ3) is 3.28. The molecule has 1 N–H and O–H groups in total. The summed E-state index contributed by atoms with van der Waals surface area (Å²) in [6.45, 7) is 3.63. The lowest BCUT2D eigenvalue weighted by Crippen LogP contribution is -2.00. The van der Waals surface area contributed by atoms with E-state index in [9.17, 15) is 0 Å². The maximum Gasteiger partial charge on any atom is 0.0844 e. The molecular weight excluding hydrogens is 102 g/mol. The van der Waals surface area contributed by atoms with Crippen LogP contribution in [0.15, 0.2) is 24.6 Å². The van der Waals surface area contributed by atoms with Crippen molar-refractivity contribution in [3.05, 3.63) is 24.6 Å². The quantitative estimate of drug-likeness (QED) is 0.433. The van der Waals surface area contributed by atoms with E-state index in [0.29, 0.717) is 0 Å². The molecule has 0 amide bonds. The predicted octanol–water partition coefficient (Wildman–Crippen LogP) is 0.880. The highest BCUT2D eigenvalue weighted by Gasteiger charge is 1.74. The number of hydrogen-bond acceptors (Lipinski definition) is 2. The lowest BCUT2D eigenvalue weighted by Gasteiger charge is -1.93. The zero-order valence-corrected chi connectivity index (χ0v) is 5.27. The van der Waals surface area contributed by atoms with Gasteiger partial charge in [0.05, 0.1) is 13.4 Å². The van der Waals surface area contributed by atoms with Gasteiger partial charge in [-0.1, -0.05) is 6.58 Å². The summed E-state index contributed by atoms with van der Waals surface area (Å²) in [5.74, 6) is 0. The second-order valence-corrected chi connectivity index (χ2v) is 1.31. The van der Waals surface area contributed by atoms with E-state index >= 15 is 0 Å². The van der Waals surface area contributed by atoms with E-state index in [1.54, 1.807) is 19.4 Å². The summed E-state index contributed by atoms with van der Waals surface area (Å²) in [6, 6.07) is 0. The molecule has 0 spiro atoms. The van der Waals surface area contributed by atoms with E-state index in [4.69, 9.17) is 0 Å². The summed E-state index contributed by atoms with van der Waals surface area (Å²) in [5, 5.41) is 2.84. The van der Waals surface area contributed by atoms with E-state index in [1.165, 1.54) is 0 Å². The monoisotopic (exact) mass is 113 g/mol. The van der Waals surface area contributed by atoms with Crippen molar-refractivity contribution in [1.82, 2.24) is 5.32 Å². The highest BCUT2D eigenvalue weighted by Crippen LogP contribution is 1.83. The molecular formula is C6H11NO. The van der Waals surface area contributed by atoms with E-state index in [0.717, 1.165) is 5.70 Å². The smallest absolute Gasteiger partial charge is 0.0844 e. The van der Waals surface area contributed by atoms with Crippen LogP contribution in [0.1, 0.15) is 0 Å². The summed E-state index contributed by atoms with van der Waals surface area (Å²) >= 11 is 0. The Morgan fingerprint density at radius 2 is 2.38 bits per heavy atom. The summed E-state index contributed by atoms with van der Waals surface area (Å²) in [4.78, 5) is 0. The van der Waals surface area contributed by atoms with Crippen LogP contribution in [-0.4, -0.2) is 14.2 Å². The van der Waals surface area contributed by atoms with Gasteiger partial charge in [-0.05, 0) is 6.08 Å². The molecule has 0 aliphatic rings. The van der Waals surface area contributed by atoms with Crippen molar-refractivity contribution in [2.24, 2.45) is 0 Å². The molecule has 0 aromatic carbocycles. The van der Waals surface area contributed by atoms with Gasteiger partial charge < -0.3 is 10.1 Å². The van der Waals surface area contributed by atoms with Crippen molar-refractivity contribution in [3.8, 4) is 0 Å². The van der Waals surface area contributed by atoms with Crippen molar-refractivity contribution >= 4 is 0 Å². The largest absolute Gasteiger partial charge is 0.504 e. The number of ether oxygens (including phenoxy) is 1. The van der Waals surface area contributed by atoms with Crippen LogP contribution < -0.4 is 5.32 Å². The fourth-order valence-corrected chi connectivity index (χ4v) is 0.234. The van der Waals surface area contributed by atoms with Gasteiger partial charge in [-0.3, -0.25) is 0 Å². The van der Waals surface area contributed by atoms with Gasteiger partial charge in [-0.25, -0.2) is 0 Å². The first-order valence-corrected chi connectivity index (χ1v) is 2.37. The first kappa shape index (κ1) is 7.08. The molecule has 2 heteroatoms. The number of methoxy groups -OCH3 is 1. The molecule has 0 aromatic rings. The maximum absolute atomic E-state index is 4.63. The average Bonchev–Trinajstić information content (AvgIpc) is 1.83. The van der Waals surface area contributed by atoms with Gasteiger partial charge in [-0.15, -0.1) is 0 Å². The normalized spacial score (nSPS) is 9.25. The second-order valence-electron chi connectivity index (χ2n) is 1.31. The zero-order valence-electron chi connectivity index (χ0n) is 5.27. The lowest BCUT2D eigenvalue weighted by atomic mass is 10.5. The number of likely N-dealkylation sites (N-methyl/N-ethyl adjacent to an activating group) is 1. The summed E-state index contributed by atoms with van der Waals surface area (Å²) in [5.41, 5.74) is 0.840. The Morgan fingerprint density at radius 3 is 2.75 bits per heavy atom.